The van der Waals surface area contributed by atoms with Gasteiger partial charge in [-0.2, -0.15) is 0 Å². The quantitative estimate of drug-likeness (QED) is 0.546. The van der Waals surface area contributed by atoms with Crippen LogP contribution in [0.25, 0.3) is 0 Å². The Balaban J connectivity index is 1.51. The lowest BCUT2D eigenvalue weighted by Crippen LogP contribution is -2.49. The maximum atomic E-state index is 13.2. The maximum absolute atomic E-state index is 13.2. The highest BCUT2D eigenvalue weighted by atomic mass is 16.2. The Kier molecular flexibility index (Phi) is 5.61. The van der Waals surface area contributed by atoms with Crippen LogP contribution >= 0.6 is 0 Å². The third-order valence-electron chi connectivity index (χ3n) is 5.60. The normalized spacial score (nSPS) is 16.1. The molecule has 0 bridgehead atoms. The van der Waals surface area contributed by atoms with Crippen molar-refractivity contribution >= 4 is 23.4 Å². The van der Waals surface area contributed by atoms with Gasteiger partial charge in [-0.25, -0.2) is 0 Å². The zero-order valence-electron chi connectivity index (χ0n) is 16.8. The molecule has 1 aromatic carbocycles. The number of benzene rings is 1. The summed E-state index contributed by atoms with van der Waals surface area (Å²) in [6, 6.07) is 9.01. The van der Waals surface area contributed by atoms with Crippen LogP contribution in [-0.2, 0) is 11.3 Å². The maximum Gasteiger partial charge on any atom is 0.263 e. The number of anilines is 1. The number of imide groups is 1. The molecule has 7 heteroatoms. The number of piperazine rings is 1. The van der Waals surface area contributed by atoms with Gasteiger partial charge in [-0.15, -0.1) is 6.58 Å². The molecule has 0 atom stereocenters. The van der Waals surface area contributed by atoms with Gasteiger partial charge >= 0.3 is 0 Å². The summed E-state index contributed by atoms with van der Waals surface area (Å²) in [5, 5.41) is 0. The molecular formula is C23H24N4O3. The molecule has 3 amide bonds. The number of rotatable bonds is 6. The van der Waals surface area contributed by atoms with Gasteiger partial charge in [0.2, 0.25) is 5.91 Å². The molecule has 0 spiro atoms. The Morgan fingerprint density at radius 2 is 1.77 bits per heavy atom. The highest BCUT2D eigenvalue weighted by Crippen LogP contribution is 2.33. The summed E-state index contributed by atoms with van der Waals surface area (Å²) in [5.74, 6) is -0.415. The predicted octanol–water partition coefficient (Wildman–Crippen LogP) is 2.49. The minimum atomic E-state index is -0.271. The van der Waals surface area contributed by atoms with E-state index in [4.69, 9.17) is 0 Å². The monoisotopic (exact) mass is 404 g/mol. The van der Waals surface area contributed by atoms with Gasteiger partial charge in [-0.05, 0) is 36.2 Å². The van der Waals surface area contributed by atoms with E-state index in [0.717, 1.165) is 11.3 Å². The van der Waals surface area contributed by atoms with Gasteiger partial charge in [0.1, 0.15) is 0 Å². The van der Waals surface area contributed by atoms with Crippen LogP contribution in [0.5, 0.6) is 0 Å². The zero-order chi connectivity index (χ0) is 21.1. The van der Waals surface area contributed by atoms with E-state index in [2.05, 4.69) is 16.5 Å². The van der Waals surface area contributed by atoms with Crippen LogP contribution in [0.3, 0.4) is 0 Å². The lowest BCUT2D eigenvalue weighted by atomic mass is 10.1. The number of allylic oxidation sites excluding steroid dienone is 1. The van der Waals surface area contributed by atoms with Crippen molar-refractivity contribution in [2.45, 2.75) is 19.4 Å². The standard InChI is InChI=1S/C23H24N4O3/c1-2-3-7-20(28)26-14-12-25(13-15-26)19-6-4-5-18-21(19)23(30)27(22(18)29)16-17-8-10-24-11-9-17/h2,4-6,8-11H,1,3,7,12-16H2. The summed E-state index contributed by atoms with van der Waals surface area (Å²) in [7, 11) is 0. The van der Waals surface area contributed by atoms with Gasteiger partial charge in [0.05, 0.1) is 23.4 Å². The van der Waals surface area contributed by atoms with Crippen LogP contribution in [0.15, 0.2) is 55.4 Å². The molecule has 3 heterocycles. The predicted molar refractivity (Wildman–Crippen MR) is 113 cm³/mol. The number of hydrogen-bond donors (Lipinski definition) is 0. The topological polar surface area (TPSA) is 73.8 Å². The molecule has 7 nitrogen and oxygen atoms in total. The largest absolute Gasteiger partial charge is 0.367 e. The molecule has 0 N–H and O–H groups in total. The molecule has 1 fully saturated rings. The van der Waals surface area contributed by atoms with Gasteiger partial charge in [-0.1, -0.05) is 12.1 Å². The van der Waals surface area contributed by atoms with E-state index < -0.39 is 0 Å². The van der Waals surface area contributed by atoms with E-state index in [1.807, 2.05) is 17.0 Å². The number of aromatic nitrogens is 1. The molecule has 2 aliphatic heterocycles. The van der Waals surface area contributed by atoms with Crippen molar-refractivity contribution in [2.24, 2.45) is 0 Å². The fourth-order valence-electron chi connectivity index (χ4n) is 3.97. The van der Waals surface area contributed by atoms with E-state index in [9.17, 15) is 14.4 Å². The van der Waals surface area contributed by atoms with Gasteiger partial charge < -0.3 is 9.80 Å². The Bertz CT molecular complexity index is 981. The average Bonchev–Trinajstić information content (AvgIpc) is 3.03. The van der Waals surface area contributed by atoms with Gasteiger partial charge in [0, 0.05) is 45.0 Å². The van der Waals surface area contributed by atoms with Crippen LogP contribution in [0.2, 0.25) is 0 Å². The first-order valence-electron chi connectivity index (χ1n) is 10.1. The fraction of sp³-hybridized carbons (Fsp3) is 0.304. The van der Waals surface area contributed by atoms with Crippen LogP contribution in [0.1, 0.15) is 39.1 Å². The number of pyridine rings is 1. The molecule has 154 valence electrons. The molecule has 30 heavy (non-hydrogen) atoms. The highest BCUT2D eigenvalue weighted by molar-refractivity contribution is 6.23. The van der Waals surface area contributed by atoms with E-state index in [1.165, 1.54) is 4.90 Å². The number of carbonyl (C=O) groups excluding carboxylic acids is 3. The molecule has 4 rings (SSSR count). The molecular weight excluding hydrogens is 380 g/mol. The number of fused-ring (bicyclic) bond motifs is 1. The van der Waals surface area contributed by atoms with Crippen molar-refractivity contribution in [3.8, 4) is 0 Å². The second-order valence-electron chi connectivity index (χ2n) is 7.45. The number of amides is 3. The third kappa shape index (κ3) is 3.70. The highest BCUT2D eigenvalue weighted by Gasteiger charge is 2.38. The van der Waals surface area contributed by atoms with Crippen molar-refractivity contribution in [2.75, 3.05) is 31.1 Å². The van der Waals surface area contributed by atoms with E-state index >= 15 is 0 Å². The molecule has 2 aromatic rings. The van der Waals surface area contributed by atoms with Crippen molar-refractivity contribution in [1.82, 2.24) is 14.8 Å². The Labute approximate surface area is 175 Å². The van der Waals surface area contributed by atoms with Crippen molar-refractivity contribution < 1.29 is 14.4 Å². The van der Waals surface area contributed by atoms with Crippen LogP contribution in [0.4, 0.5) is 5.69 Å². The fourth-order valence-corrected chi connectivity index (χ4v) is 3.97. The van der Waals surface area contributed by atoms with E-state index in [0.29, 0.717) is 50.1 Å². The summed E-state index contributed by atoms with van der Waals surface area (Å²) in [4.78, 5) is 47.5. The molecule has 0 aliphatic carbocycles. The summed E-state index contributed by atoms with van der Waals surface area (Å²) in [6.45, 7) is 6.34. The number of nitrogens with zero attached hydrogens (tertiary/aromatic N) is 4. The molecule has 2 aliphatic rings. The Morgan fingerprint density at radius 3 is 2.47 bits per heavy atom. The molecule has 1 saturated heterocycles. The second-order valence-corrected chi connectivity index (χ2v) is 7.45. The lowest BCUT2D eigenvalue weighted by molar-refractivity contribution is -0.131. The van der Waals surface area contributed by atoms with Crippen LogP contribution in [-0.4, -0.2) is 58.7 Å². The summed E-state index contributed by atoms with van der Waals surface area (Å²) in [6.07, 6.45) is 6.20. The van der Waals surface area contributed by atoms with Crippen molar-refractivity contribution in [1.29, 1.82) is 0 Å². The summed E-state index contributed by atoms with van der Waals surface area (Å²) >= 11 is 0. The molecule has 0 saturated carbocycles. The van der Waals surface area contributed by atoms with E-state index in [-0.39, 0.29) is 24.3 Å². The van der Waals surface area contributed by atoms with Crippen molar-refractivity contribution in [3.63, 3.8) is 0 Å². The lowest BCUT2D eigenvalue weighted by Gasteiger charge is -2.36. The third-order valence-corrected chi connectivity index (χ3v) is 5.60. The molecule has 0 unspecified atom stereocenters. The zero-order valence-corrected chi connectivity index (χ0v) is 16.8. The van der Waals surface area contributed by atoms with Gasteiger partial charge in [0.25, 0.3) is 11.8 Å². The Morgan fingerprint density at radius 1 is 1.03 bits per heavy atom. The van der Waals surface area contributed by atoms with Crippen LogP contribution < -0.4 is 4.90 Å². The first kappa shape index (κ1) is 19.8. The minimum absolute atomic E-state index is 0.127. The number of hydrogen-bond acceptors (Lipinski definition) is 5. The number of carbonyl (C=O) groups is 3. The van der Waals surface area contributed by atoms with Crippen LogP contribution in [0, 0.1) is 0 Å². The Hall–Kier alpha value is -3.48. The summed E-state index contributed by atoms with van der Waals surface area (Å²) in [5.41, 5.74) is 2.52. The van der Waals surface area contributed by atoms with Gasteiger partial charge in [0.15, 0.2) is 0 Å². The smallest absolute Gasteiger partial charge is 0.263 e. The average molecular weight is 404 g/mol. The second kappa shape index (κ2) is 8.49. The first-order chi connectivity index (χ1) is 14.6. The minimum Gasteiger partial charge on any atom is -0.367 e. The molecule has 1 aromatic heterocycles. The molecule has 0 radical (unpaired) electrons. The van der Waals surface area contributed by atoms with E-state index in [1.54, 1.807) is 36.7 Å². The summed E-state index contributed by atoms with van der Waals surface area (Å²) < 4.78 is 0. The van der Waals surface area contributed by atoms with Crippen molar-refractivity contribution in [3.05, 3.63) is 72.1 Å². The van der Waals surface area contributed by atoms with Gasteiger partial charge in [-0.3, -0.25) is 24.3 Å². The first-order valence-corrected chi connectivity index (χ1v) is 10.1. The SMILES string of the molecule is C=CCCC(=O)N1CCN(c2cccc3c2C(=O)N(Cc2ccncc2)C3=O)CC1.